The number of benzene rings is 1. The Balaban J connectivity index is 1.77. The molecule has 0 saturated carbocycles. The van der Waals surface area contributed by atoms with E-state index in [0.29, 0.717) is 11.3 Å². The maximum atomic E-state index is 12.1. The van der Waals surface area contributed by atoms with Crippen molar-refractivity contribution in [1.82, 2.24) is 4.57 Å². The topological polar surface area (TPSA) is 91.9 Å². The smallest absolute Gasteiger partial charge is 0.339 e. The van der Waals surface area contributed by atoms with Crippen molar-refractivity contribution in [3.8, 4) is 5.00 Å². The normalized spacial score (nSPS) is 13.5. The number of hydrogen-bond donors (Lipinski definition) is 2. The zero-order chi connectivity index (χ0) is 22.3. The molecule has 160 valence electrons. The van der Waals surface area contributed by atoms with E-state index < -0.39 is 11.9 Å². The quantitative estimate of drug-likeness (QED) is 0.517. The summed E-state index contributed by atoms with van der Waals surface area (Å²) in [5.41, 5.74) is 5.82. The number of aromatic nitrogens is 1. The van der Waals surface area contributed by atoms with Gasteiger partial charge in [0.15, 0.2) is 0 Å². The van der Waals surface area contributed by atoms with Crippen molar-refractivity contribution in [2.24, 2.45) is 4.99 Å². The molecule has 0 aliphatic heterocycles. The van der Waals surface area contributed by atoms with Gasteiger partial charge in [0.25, 0.3) is 0 Å². The van der Waals surface area contributed by atoms with Gasteiger partial charge in [-0.1, -0.05) is 6.07 Å². The molecule has 2 N–H and O–H groups in total. The number of aryl methyl sites for hydroxylation is 3. The second kappa shape index (κ2) is 8.15. The molecule has 0 bridgehead atoms. The lowest BCUT2D eigenvalue weighted by Crippen LogP contribution is -2.09. The molecule has 0 saturated heterocycles. The number of carbonyl (C=O) groups is 2. The summed E-state index contributed by atoms with van der Waals surface area (Å²) in [6, 6.07) is 6.85. The average molecular weight is 437 g/mol. The number of nitrogens with zero attached hydrogens (tertiary/aromatic N) is 2. The molecule has 0 atom stereocenters. The Labute approximate surface area is 184 Å². The Kier molecular flexibility index (Phi) is 5.54. The van der Waals surface area contributed by atoms with Crippen LogP contribution in [-0.4, -0.2) is 32.9 Å². The third kappa shape index (κ3) is 3.81. The van der Waals surface area contributed by atoms with Crippen LogP contribution in [0, 0.1) is 20.8 Å². The molecule has 1 aliphatic rings. The predicted molar refractivity (Wildman–Crippen MR) is 122 cm³/mol. The van der Waals surface area contributed by atoms with Gasteiger partial charge in [-0.3, -0.25) is 4.99 Å². The van der Waals surface area contributed by atoms with Gasteiger partial charge in [0, 0.05) is 28.0 Å². The molecule has 4 rings (SSSR count). The van der Waals surface area contributed by atoms with Gasteiger partial charge < -0.3 is 14.8 Å². The molecule has 31 heavy (non-hydrogen) atoms. The van der Waals surface area contributed by atoms with Gasteiger partial charge in [0.05, 0.1) is 16.8 Å². The highest BCUT2D eigenvalue weighted by Gasteiger charge is 2.27. The first-order valence-electron chi connectivity index (χ1n) is 10.2. The van der Waals surface area contributed by atoms with Crippen LogP contribution in [-0.2, 0) is 12.8 Å². The lowest BCUT2D eigenvalue weighted by molar-refractivity contribution is 0.0685. The Morgan fingerprint density at radius 1 is 1.06 bits per heavy atom. The van der Waals surface area contributed by atoms with E-state index in [1.165, 1.54) is 4.88 Å². The van der Waals surface area contributed by atoms with Gasteiger partial charge in [-0.2, -0.15) is 0 Å². The van der Waals surface area contributed by atoms with Gasteiger partial charge in [-0.25, -0.2) is 9.59 Å². The van der Waals surface area contributed by atoms with Crippen LogP contribution in [0.15, 0.2) is 29.3 Å². The molecule has 7 heteroatoms. The number of rotatable bonds is 5. The van der Waals surface area contributed by atoms with Crippen LogP contribution in [0.5, 0.6) is 0 Å². The summed E-state index contributed by atoms with van der Waals surface area (Å²) in [6.45, 7) is 5.81. The zero-order valence-corrected chi connectivity index (χ0v) is 18.5. The molecule has 2 aromatic heterocycles. The molecule has 0 amide bonds. The Morgan fingerprint density at radius 2 is 1.81 bits per heavy atom. The van der Waals surface area contributed by atoms with Crippen LogP contribution in [0.2, 0.25) is 0 Å². The number of thiophene rings is 1. The standard InChI is InChI=1S/C24H24N2O4S/c1-13-8-9-16(23(27)28)11-19(13)25-12-17-10-14(2)26(15(17)3)22-21(24(29)30)18-6-4-5-7-20(18)31-22/h8-12H,4-7H2,1-3H3,(H,27,28)(H,29,30). The molecular weight excluding hydrogens is 412 g/mol. The molecular formula is C24H24N2O4S. The minimum Gasteiger partial charge on any atom is -0.478 e. The fourth-order valence-corrected chi connectivity index (χ4v) is 5.67. The van der Waals surface area contributed by atoms with E-state index >= 15 is 0 Å². The summed E-state index contributed by atoms with van der Waals surface area (Å²) in [5, 5.41) is 19.9. The predicted octanol–water partition coefficient (Wildman–Crippen LogP) is 5.49. The van der Waals surface area contributed by atoms with Crippen LogP contribution in [0.1, 0.15) is 66.5 Å². The van der Waals surface area contributed by atoms with E-state index in [2.05, 4.69) is 4.99 Å². The number of fused-ring (bicyclic) bond motifs is 1. The van der Waals surface area contributed by atoms with Gasteiger partial charge in [-0.15, -0.1) is 11.3 Å². The van der Waals surface area contributed by atoms with E-state index in [1.807, 2.05) is 31.4 Å². The molecule has 0 fully saturated rings. The number of aliphatic imine (C=N–C) groups is 1. The lowest BCUT2D eigenvalue weighted by Gasteiger charge is -2.11. The van der Waals surface area contributed by atoms with E-state index in [1.54, 1.807) is 35.8 Å². The molecule has 2 heterocycles. The molecule has 0 unspecified atom stereocenters. The monoisotopic (exact) mass is 436 g/mol. The number of hydrogen-bond acceptors (Lipinski definition) is 4. The van der Waals surface area contributed by atoms with E-state index in [-0.39, 0.29) is 5.56 Å². The molecule has 1 aliphatic carbocycles. The van der Waals surface area contributed by atoms with Gasteiger partial charge in [0.1, 0.15) is 5.00 Å². The molecule has 1 aromatic carbocycles. The molecule has 0 radical (unpaired) electrons. The van der Waals surface area contributed by atoms with Crippen molar-refractivity contribution >= 4 is 35.2 Å². The minimum atomic E-state index is -0.988. The van der Waals surface area contributed by atoms with Crippen molar-refractivity contribution < 1.29 is 19.8 Å². The summed E-state index contributed by atoms with van der Waals surface area (Å²) < 4.78 is 2.01. The van der Waals surface area contributed by atoms with E-state index in [4.69, 9.17) is 0 Å². The van der Waals surface area contributed by atoms with Gasteiger partial charge in [0.2, 0.25) is 0 Å². The van der Waals surface area contributed by atoms with Crippen molar-refractivity contribution in [2.45, 2.75) is 46.5 Å². The maximum Gasteiger partial charge on any atom is 0.339 e. The fourth-order valence-electron chi connectivity index (χ4n) is 4.18. The summed E-state index contributed by atoms with van der Waals surface area (Å²) in [5.74, 6) is -1.87. The Morgan fingerprint density at radius 3 is 2.52 bits per heavy atom. The highest BCUT2D eigenvalue weighted by atomic mass is 32.1. The highest BCUT2D eigenvalue weighted by molar-refractivity contribution is 7.15. The van der Waals surface area contributed by atoms with Crippen molar-refractivity contribution in [1.29, 1.82) is 0 Å². The maximum absolute atomic E-state index is 12.1. The largest absolute Gasteiger partial charge is 0.478 e. The van der Waals surface area contributed by atoms with Gasteiger partial charge >= 0.3 is 11.9 Å². The van der Waals surface area contributed by atoms with Gasteiger partial charge in [-0.05, 0) is 75.8 Å². The van der Waals surface area contributed by atoms with Crippen LogP contribution in [0.25, 0.3) is 5.00 Å². The number of aromatic carboxylic acids is 2. The van der Waals surface area contributed by atoms with Crippen LogP contribution >= 0.6 is 11.3 Å². The first-order valence-corrected chi connectivity index (χ1v) is 11.0. The zero-order valence-electron chi connectivity index (χ0n) is 17.7. The highest BCUT2D eigenvalue weighted by Crippen LogP contribution is 2.38. The second-order valence-corrected chi connectivity index (χ2v) is 9.01. The minimum absolute atomic E-state index is 0.193. The summed E-state index contributed by atoms with van der Waals surface area (Å²) in [7, 11) is 0. The van der Waals surface area contributed by atoms with Crippen molar-refractivity contribution in [3.05, 3.63) is 68.3 Å². The summed E-state index contributed by atoms with van der Waals surface area (Å²) >= 11 is 1.58. The first kappa shape index (κ1) is 21.1. The van der Waals surface area contributed by atoms with Crippen LogP contribution in [0.3, 0.4) is 0 Å². The number of carboxylic acids is 2. The third-order valence-electron chi connectivity index (χ3n) is 5.84. The van der Waals surface area contributed by atoms with E-state index in [9.17, 15) is 19.8 Å². The first-order chi connectivity index (χ1) is 14.8. The van der Waals surface area contributed by atoms with Crippen LogP contribution < -0.4 is 0 Å². The van der Waals surface area contributed by atoms with E-state index in [0.717, 1.165) is 58.8 Å². The molecule has 6 nitrogen and oxygen atoms in total. The molecule has 3 aromatic rings. The fraction of sp³-hybridized carbons (Fsp3) is 0.292. The summed E-state index contributed by atoms with van der Waals surface area (Å²) in [6.07, 6.45) is 5.61. The van der Waals surface area contributed by atoms with Crippen LogP contribution in [0.4, 0.5) is 5.69 Å². The third-order valence-corrected chi connectivity index (χ3v) is 7.12. The molecule has 0 spiro atoms. The Bertz CT molecular complexity index is 1230. The lowest BCUT2D eigenvalue weighted by atomic mass is 9.95. The van der Waals surface area contributed by atoms with Crippen molar-refractivity contribution in [2.75, 3.05) is 0 Å². The summed E-state index contributed by atoms with van der Waals surface area (Å²) in [4.78, 5) is 29.1. The van der Waals surface area contributed by atoms with Crippen molar-refractivity contribution in [3.63, 3.8) is 0 Å². The second-order valence-electron chi connectivity index (χ2n) is 7.92. The number of carboxylic acid groups (broad SMARTS) is 2. The Hall–Kier alpha value is -3.19. The SMILES string of the molecule is Cc1ccc(C(=O)O)cc1N=Cc1cc(C)n(-c2sc3c(c2C(=O)O)CCCC3)c1C. The average Bonchev–Trinajstić information content (AvgIpc) is 3.23.